The Morgan fingerprint density at radius 3 is 2.57 bits per heavy atom. The molecule has 0 bridgehead atoms. The van der Waals surface area contributed by atoms with E-state index in [1.807, 2.05) is 30.3 Å². The van der Waals surface area contributed by atoms with Gasteiger partial charge in [-0.3, -0.25) is 4.79 Å². The first-order chi connectivity index (χ1) is 16.7. The minimum atomic E-state index is -4.58. The molecule has 0 aliphatic heterocycles. The van der Waals surface area contributed by atoms with Crippen LogP contribution in [0, 0.1) is 6.92 Å². The Kier molecular flexibility index (Phi) is 5.52. The zero-order valence-electron chi connectivity index (χ0n) is 18.0. The van der Waals surface area contributed by atoms with Gasteiger partial charge in [0.2, 0.25) is 0 Å². The second-order valence-electron chi connectivity index (χ2n) is 7.66. The summed E-state index contributed by atoms with van der Waals surface area (Å²) in [5.41, 5.74) is 1.28. The highest BCUT2D eigenvalue weighted by molar-refractivity contribution is 6.34. The normalized spacial score (nSPS) is 11.7. The van der Waals surface area contributed by atoms with E-state index in [1.165, 1.54) is 4.68 Å². The SMILES string of the molecule is Cc1c(C(=O)Nc2cc(C(F)(F)F)ccc2Cl)nnn1-c1ccc2noc(-c3ccccc3)c2c1. The average molecular weight is 498 g/mol. The Bertz CT molecular complexity index is 1560. The molecule has 0 aliphatic rings. The van der Waals surface area contributed by atoms with Gasteiger partial charge in [0.25, 0.3) is 5.91 Å². The summed E-state index contributed by atoms with van der Waals surface area (Å²) in [6, 6.07) is 17.4. The van der Waals surface area contributed by atoms with Crippen molar-refractivity contribution in [3.05, 3.63) is 88.7 Å². The van der Waals surface area contributed by atoms with Crippen LogP contribution in [0.1, 0.15) is 21.7 Å². The molecule has 0 fully saturated rings. The maximum atomic E-state index is 13.0. The van der Waals surface area contributed by atoms with Gasteiger partial charge in [0.15, 0.2) is 11.5 Å². The number of benzene rings is 3. The summed E-state index contributed by atoms with van der Waals surface area (Å²) in [6.45, 7) is 1.62. The number of amides is 1. The van der Waals surface area contributed by atoms with Crippen LogP contribution in [0.5, 0.6) is 0 Å². The highest BCUT2D eigenvalue weighted by Crippen LogP contribution is 2.34. The zero-order chi connectivity index (χ0) is 24.7. The lowest BCUT2D eigenvalue weighted by Gasteiger charge is -2.11. The molecule has 0 saturated carbocycles. The van der Waals surface area contributed by atoms with Gasteiger partial charge in [-0.15, -0.1) is 5.10 Å². The molecule has 0 spiro atoms. The quantitative estimate of drug-likeness (QED) is 0.314. The van der Waals surface area contributed by atoms with Crippen LogP contribution >= 0.6 is 11.6 Å². The fourth-order valence-corrected chi connectivity index (χ4v) is 3.79. The number of alkyl halides is 3. The highest BCUT2D eigenvalue weighted by atomic mass is 35.5. The minimum absolute atomic E-state index is 0.0391. The van der Waals surface area contributed by atoms with E-state index in [0.29, 0.717) is 22.7 Å². The molecule has 35 heavy (non-hydrogen) atoms. The summed E-state index contributed by atoms with van der Waals surface area (Å²) in [7, 11) is 0. The van der Waals surface area contributed by atoms with E-state index in [9.17, 15) is 18.0 Å². The van der Waals surface area contributed by atoms with E-state index in [4.69, 9.17) is 16.1 Å². The van der Waals surface area contributed by atoms with Crippen molar-refractivity contribution < 1.29 is 22.5 Å². The van der Waals surface area contributed by atoms with Gasteiger partial charge in [-0.05, 0) is 43.3 Å². The molecule has 2 aromatic heterocycles. The van der Waals surface area contributed by atoms with Gasteiger partial charge in [-0.1, -0.05) is 52.3 Å². The third-order valence-electron chi connectivity index (χ3n) is 5.39. The van der Waals surface area contributed by atoms with E-state index in [-0.39, 0.29) is 16.4 Å². The average Bonchev–Trinajstić information content (AvgIpc) is 3.43. The van der Waals surface area contributed by atoms with E-state index in [2.05, 4.69) is 20.8 Å². The minimum Gasteiger partial charge on any atom is -0.355 e. The molecule has 0 aliphatic carbocycles. The largest absolute Gasteiger partial charge is 0.416 e. The Morgan fingerprint density at radius 1 is 1.06 bits per heavy atom. The highest BCUT2D eigenvalue weighted by Gasteiger charge is 2.31. The Morgan fingerprint density at radius 2 is 1.83 bits per heavy atom. The second-order valence-corrected chi connectivity index (χ2v) is 8.07. The smallest absolute Gasteiger partial charge is 0.355 e. The van der Waals surface area contributed by atoms with Crippen molar-refractivity contribution in [1.82, 2.24) is 20.2 Å². The predicted molar refractivity (Wildman–Crippen MR) is 124 cm³/mol. The predicted octanol–water partition coefficient (Wildman–Crippen LogP) is 6.31. The summed E-state index contributed by atoms with van der Waals surface area (Å²) in [6.07, 6.45) is -4.58. The first kappa shape index (κ1) is 22.6. The molecule has 0 unspecified atom stereocenters. The van der Waals surface area contributed by atoms with Crippen molar-refractivity contribution in [2.45, 2.75) is 13.1 Å². The number of halogens is 4. The standard InChI is InChI=1S/C24H15ClF3N5O2/c1-13-21(23(34)29-20-11-15(24(26,27)28)7-9-18(20)25)30-32-33(13)16-8-10-19-17(12-16)22(35-31-19)14-5-3-2-4-6-14/h2-12H,1H3,(H,29,34). The number of anilines is 1. The molecule has 11 heteroatoms. The van der Waals surface area contributed by atoms with Gasteiger partial charge in [-0.25, -0.2) is 4.68 Å². The van der Waals surface area contributed by atoms with Crippen molar-refractivity contribution in [3.8, 4) is 17.0 Å². The second kappa shape index (κ2) is 8.55. The Hall–Kier alpha value is -4.18. The number of rotatable bonds is 4. The van der Waals surface area contributed by atoms with Gasteiger partial charge in [-0.2, -0.15) is 13.2 Å². The lowest BCUT2D eigenvalue weighted by atomic mass is 10.1. The van der Waals surface area contributed by atoms with Gasteiger partial charge < -0.3 is 9.84 Å². The molecule has 0 radical (unpaired) electrons. The van der Waals surface area contributed by atoms with Crippen LogP contribution in [0.4, 0.5) is 18.9 Å². The number of carbonyl (C=O) groups excluding carboxylic acids is 1. The van der Waals surface area contributed by atoms with Gasteiger partial charge in [0.1, 0.15) is 5.52 Å². The van der Waals surface area contributed by atoms with Crippen LogP contribution in [-0.2, 0) is 6.18 Å². The number of aromatic nitrogens is 4. The molecule has 1 N–H and O–H groups in total. The van der Waals surface area contributed by atoms with E-state index in [1.54, 1.807) is 25.1 Å². The van der Waals surface area contributed by atoms with Crippen LogP contribution in [0.15, 0.2) is 71.3 Å². The first-order valence-corrected chi connectivity index (χ1v) is 10.7. The monoisotopic (exact) mass is 497 g/mol. The topological polar surface area (TPSA) is 85.8 Å². The Balaban J connectivity index is 1.47. The number of fused-ring (bicyclic) bond motifs is 1. The van der Waals surface area contributed by atoms with Crippen LogP contribution in [-0.4, -0.2) is 26.1 Å². The molecule has 3 aromatic carbocycles. The number of nitrogens with zero attached hydrogens (tertiary/aromatic N) is 4. The molecule has 7 nitrogen and oxygen atoms in total. The van der Waals surface area contributed by atoms with Crippen LogP contribution < -0.4 is 5.32 Å². The van der Waals surface area contributed by atoms with Crippen molar-refractivity contribution >= 4 is 34.1 Å². The molecule has 5 aromatic rings. The summed E-state index contributed by atoms with van der Waals surface area (Å²) in [4.78, 5) is 12.8. The van der Waals surface area contributed by atoms with E-state index in [0.717, 1.165) is 29.1 Å². The van der Waals surface area contributed by atoms with E-state index >= 15 is 0 Å². The summed E-state index contributed by atoms with van der Waals surface area (Å²) in [5.74, 6) is -0.164. The van der Waals surface area contributed by atoms with Crippen LogP contribution in [0.3, 0.4) is 0 Å². The van der Waals surface area contributed by atoms with Crippen molar-refractivity contribution in [1.29, 1.82) is 0 Å². The molecule has 5 rings (SSSR count). The number of hydrogen-bond acceptors (Lipinski definition) is 5. The van der Waals surface area contributed by atoms with E-state index < -0.39 is 17.6 Å². The maximum absolute atomic E-state index is 13.0. The fourth-order valence-electron chi connectivity index (χ4n) is 3.62. The maximum Gasteiger partial charge on any atom is 0.416 e. The lowest BCUT2D eigenvalue weighted by molar-refractivity contribution is -0.137. The van der Waals surface area contributed by atoms with Crippen molar-refractivity contribution in [2.24, 2.45) is 0 Å². The molecule has 2 heterocycles. The summed E-state index contributed by atoms with van der Waals surface area (Å²) < 4.78 is 46.1. The van der Waals surface area contributed by atoms with Crippen molar-refractivity contribution in [3.63, 3.8) is 0 Å². The molecular weight excluding hydrogens is 483 g/mol. The molecular formula is C24H15ClF3N5O2. The number of nitrogens with one attached hydrogen (secondary N) is 1. The van der Waals surface area contributed by atoms with Gasteiger partial charge in [0, 0.05) is 5.56 Å². The van der Waals surface area contributed by atoms with Crippen LogP contribution in [0.2, 0.25) is 5.02 Å². The zero-order valence-corrected chi connectivity index (χ0v) is 18.7. The van der Waals surface area contributed by atoms with Gasteiger partial charge in [0.05, 0.1) is 33.0 Å². The Labute approximate surface area is 201 Å². The molecule has 176 valence electrons. The first-order valence-electron chi connectivity index (χ1n) is 10.3. The third-order valence-corrected chi connectivity index (χ3v) is 5.72. The van der Waals surface area contributed by atoms with Crippen molar-refractivity contribution in [2.75, 3.05) is 5.32 Å². The molecule has 0 saturated heterocycles. The number of carbonyl (C=O) groups is 1. The summed E-state index contributed by atoms with van der Waals surface area (Å²) >= 11 is 5.99. The molecule has 0 atom stereocenters. The third kappa shape index (κ3) is 4.24. The lowest BCUT2D eigenvalue weighted by Crippen LogP contribution is -2.15. The molecule has 1 amide bonds. The van der Waals surface area contributed by atoms with Gasteiger partial charge >= 0.3 is 6.18 Å². The fraction of sp³-hybridized carbons (Fsp3) is 0.0833. The number of hydrogen-bond donors (Lipinski definition) is 1. The van der Waals surface area contributed by atoms with Crippen LogP contribution in [0.25, 0.3) is 27.9 Å². The summed E-state index contributed by atoms with van der Waals surface area (Å²) in [5, 5.41) is 15.2.